The number of hydrogen-bond acceptors (Lipinski definition) is 4. The maximum atomic E-state index is 12.9. The second kappa shape index (κ2) is 8.82. The molecular formula is C19H19FN2O3S. The summed E-state index contributed by atoms with van der Waals surface area (Å²) in [5.41, 5.74) is 0.961. The monoisotopic (exact) mass is 374 g/mol. The second-order valence-corrected chi connectivity index (χ2v) is 6.79. The van der Waals surface area contributed by atoms with Crippen LogP contribution in [-0.2, 0) is 9.53 Å². The van der Waals surface area contributed by atoms with Crippen molar-refractivity contribution in [3.8, 4) is 0 Å². The Labute approximate surface area is 155 Å². The van der Waals surface area contributed by atoms with Gasteiger partial charge in [0.2, 0.25) is 5.91 Å². The molecular weight excluding hydrogens is 355 g/mol. The lowest BCUT2D eigenvalue weighted by Crippen LogP contribution is -2.41. The van der Waals surface area contributed by atoms with Gasteiger partial charge >= 0.3 is 0 Å². The fourth-order valence-electron chi connectivity index (χ4n) is 2.58. The number of rotatable bonds is 5. The lowest BCUT2D eigenvalue weighted by molar-refractivity contribution is -0.113. The highest BCUT2D eigenvalue weighted by molar-refractivity contribution is 8.00. The highest BCUT2D eigenvalue weighted by Crippen LogP contribution is 2.21. The Balaban J connectivity index is 1.62. The Bertz CT molecular complexity index is 777. The number of morpholine rings is 1. The van der Waals surface area contributed by atoms with E-state index in [0.29, 0.717) is 37.6 Å². The number of ether oxygens (including phenoxy) is 1. The van der Waals surface area contributed by atoms with Crippen molar-refractivity contribution in [1.82, 2.24) is 4.90 Å². The van der Waals surface area contributed by atoms with E-state index in [1.165, 1.54) is 23.9 Å². The summed E-state index contributed by atoms with van der Waals surface area (Å²) in [6.07, 6.45) is 0. The molecule has 1 aliphatic rings. The average Bonchev–Trinajstić information content (AvgIpc) is 2.68. The number of para-hydroxylation sites is 1. The smallest absolute Gasteiger partial charge is 0.256 e. The average molecular weight is 374 g/mol. The first-order valence-electron chi connectivity index (χ1n) is 8.28. The van der Waals surface area contributed by atoms with E-state index in [-0.39, 0.29) is 23.4 Å². The summed E-state index contributed by atoms with van der Waals surface area (Å²) in [5, 5.41) is 2.80. The molecule has 0 unspecified atom stereocenters. The zero-order valence-electron chi connectivity index (χ0n) is 14.1. The SMILES string of the molecule is O=C(CSc1ccc(F)cc1)Nc1ccccc1C(=O)N1CCOCC1. The summed E-state index contributed by atoms with van der Waals surface area (Å²) >= 11 is 1.31. The van der Waals surface area contributed by atoms with Crippen LogP contribution in [0.25, 0.3) is 0 Å². The summed E-state index contributed by atoms with van der Waals surface area (Å²) in [5.74, 6) is -0.475. The molecule has 0 aliphatic carbocycles. The van der Waals surface area contributed by atoms with Crippen LogP contribution in [0, 0.1) is 5.82 Å². The maximum absolute atomic E-state index is 12.9. The van der Waals surface area contributed by atoms with Gasteiger partial charge in [0, 0.05) is 18.0 Å². The van der Waals surface area contributed by atoms with Crippen LogP contribution in [0.1, 0.15) is 10.4 Å². The van der Waals surface area contributed by atoms with Crippen molar-refractivity contribution in [2.75, 3.05) is 37.4 Å². The molecule has 0 radical (unpaired) electrons. The lowest BCUT2D eigenvalue weighted by Gasteiger charge is -2.27. The number of hydrogen-bond donors (Lipinski definition) is 1. The molecule has 7 heteroatoms. The third-order valence-electron chi connectivity index (χ3n) is 3.91. The van der Waals surface area contributed by atoms with Crippen molar-refractivity contribution in [1.29, 1.82) is 0 Å². The summed E-state index contributed by atoms with van der Waals surface area (Å²) in [7, 11) is 0. The van der Waals surface area contributed by atoms with Crippen LogP contribution < -0.4 is 5.32 Å². The molecule has 0 bridgehead atoms. The number of thioether (sulfide) groups is 1. The van der Waals surface area contributed by atoms with Crippen molar-refractivity contribution < 1.29 is 18.7 Å². The van der Waals surface area contributed by atoms with Crippen molar-refractivity contribution in [2.24, 2.45) is 0 Å². The Kier molecular flexibility index (Phi) is 6.25. The number of nitrogens with one attached hydrogen (secondary N) is 1. The molecule has 0 saturated carbocycles. The molecule has 3 rings (SSSR count). The number of carbonyl (C=O) groups is 2. The minimum absolute atomic E-state index is 0.115. The van der Waals surface area contributed by atoms with Gasteiger partial charge in [-0.1, -0.05) is 12.1 Å². The Morgan fingerprint density at radius 1 is 1.08 bits per heavy atom. The number of halogens is 1. The van der Waals surface area contributed by atoms with Gasteiger partial charge in [-0.05, 0) is 36.4 Å². The second-order valence-electron chi connectivity index (χ2n) is 5.74. The predicted octanol–water partition coefficient (Wildman–Crippen LogP) is 3.03. The molecule has 136 valence electrons. The van der Waals surface area contributed by atoms with E-state index in [9.17, 15) is 14.0 Å². The number of carbonyl (C=O) groups excluding carboxylic acids is 2. The zero-order chi connectivity index (χ0) is 18.4. The normalized spacial score (nSPS) is 14.1. The number of benzene rings is 2. The van der Waals surface area contributed by atoms with E-state index < -0.39 is 0 Å². The Hall–Kier alpha value is -2.38. The van der Waals surface area contributed by atoms with Crippen molar-refractivity contribution in [2.45, 2.75) is 4.90 Å². The predicted molar refractivity (Wildman–Crippen MR) is 98.9 cm³/mol. The van der Waals surface area contributed by atoms with Gasteiger partial charge in [0.05, 0.1) is 30.2 Å². The first-order valence-corrected chi connectivity index (χ1v) is 9.26. The topological polar surface area (TPSA) is 58.6 Å². The first kappa shape index (κ1) is 18.4. The van der Waals surface area contributed by atoms with Crippen molar-refractivity contribution >= 4 is 29.3 Å². The Morgan fingerprint density at radius 3 is 2.50 bits per heavy atom. The number of amides is 2. The van der Waals surface area contributed by atoms with Crippen molar-refractivity contribution in [3.63, 3.8) is 0 Å². The third-order valence-corrected chi connectivity index (χ3v) is 4.93. The van der Waals surface area contributed by atoms with Crippen LogP contribution >= 0.6 is 11.8 Å². The van der Waals surface area contributed by atoms with E-state index in [1.54, 1.807) is 41.3 Å². The fraction of sp³-hybridized carbons (Fsp3) is 0.263. The Morgan fingerprint density at radius 2 is 1.77 bits per heavy atom. The fourth-order valence-corrected chi connectivity index (χ4v) is 3.28. The highest BCUT2D eigenvalue weighted by Gasteiger charge is 2.21. The zero-order valence-corrected chi connectivity index (χ0v) is 14.9. The summed E-state index contributed by atoms with van der Waals surface area (Å²) in [6.45, 7) is 2.13. The van der Waals surface area contributed by atoms with E-state index in [2.05, 4.69) is 5.32 Å². The summed E-state index contributed by atoms with van der Waals surface area (Å²) in [4.78, 5) is 27.5. The molecule has 1 heterocycles. The van der Waals surface area contributed by atoms with Gasteiger partial charge in [-0.25, -0.2) is 4.39 Å². The minimum Gasteiger partial charge on any atom is -0.378 e. The van der Waals surface area contributed by atoms with Gasteiger partial charge in [0.25, 0.3) is 5.91 Å². The number of anilines is 1. The number of nitrogens with zero attached hydrogens (tertiary/aromatic N) is 1. The molecule has 2 aromatic rings. The highest BCUT2D eigenvalue weighted by atomic mass is 32.2. The molecule has 0 aromatic heterocycles. The van der Waals surface area contributed by atoms with E-state index in [1.807, 2.05) is 0 Å². The first-order chi connectivity index (χ1) is 12.6. The van der Waals surface area contributed by atoms with Crippen LogP contribution in [0.3, 0.4) is 0 Å². The largest absolute Gasteiger partial charge is 0.378 e. The minimum atomic E-state index is -0.311. The summed E-state index contributed by atoms with van der Waals surface area (Å²) < 4.78 is 18.2. The van der Waals surface area contributed by atoms with Gasteiger partial charge in [-0.15, -0.1) is 11.8 Å². The standard InChI is InChI=1S/C19H19FN2O3S/c20-14-5-7-15(8-6-14)26-13-18(23)21-17-4-2-1-3-16(17)19(24)22-9-11-25-12-10-22/h1-8H,9-13H2,(H,21,23). The molecule has 1 N–H and O–H groups in total. The van der Waals surface area contributed by atoms with Gasteiger partial charge < -0.3 is 15.0 Å². The molecule has 26 heavy (non-hydrogen) atoms. The molecule has 1 saturated heterocycles. The third kappa shape index (κ3) is 4.83. The summed E-state index contributed by atoms with van der Waals surface area (Å²) in [6, 6.07) is 12.9. The molecule has 1 aliphatic heterocycles. The van der Waals surface area contributed by atoms with E-state index in [4.69, 9.17) is 4.74 Å². The van der Waals surface area contributed by atoms with E-state index in [0.717, 1.165) is 4.90 Å². The quantitative estimate of drug-likeness (QED) is 0.818. The van der Waals surface area contributed by atoms with Gasteiger partial charge in [0.15, 0.2) is 0 Å². The molecule has 0 spiro atoms. The van der Waals surface area contributed by atoms with Crippen LogP contribution in [-0.4, -0.2) is 48.8 Å². The van der Waals surface area contributed by atoms with E-state index >= 15 is 0 Å². The van der Waals surface area contributed by atoms with Gasteiger partial charge in [-0.3, -0.25) is 9.59 Å². The van der Waals surface area contributed by atoms with Crippen LogP contribution in [0.2, 0.25) is 0 Å². The molecule has 5 nitrogen and oxygen atoms in total. The molecule has 1 fully saturated rings. The lowest BCUT2D eigenvalue weighted by atomic mass is 10.1. The maximum Gasteiger partial charge on any atom is 0.256 e. The van der Waals surface area contributed by atoms with Crippen LogP contribution in [0.5, 0.6) is 0 Å². The van der Waals surface area contributed by atoms with Gasteiger partial charge in [-0.2, -0.15) is 0 Å². The van der Waals surface area contributed by atoms with Gasteiger partial charge in [0.1, 0.15) is 5.82 Å². The molecule has 2 aromatic carbocycles. The van der Waals surface area contributed by atoms with Crippen LogP contribution in [0.4, 0.5) is 10.1 Å². The van der Waals surface area contributed by atoms with Crippen LogP contribution in [0.15, 0.2) is 53.4 Å². The molecule has 2 amide bonds. The molecule has 0 atom stereocenters. The van der Waals surface area contributed by atoms with Crippen molar-refractivity contribution in [3.05, 3.63) is 59.9 Å².